The fraction of sp³-hybridized carbons (Fsp3) is 0.263. The van der Waals surface area contributed by atoms with Gasteiger partial charge in [-0.05, 0) is 12.1 Å². The van der Waals surface area contributed by atoms with Crippen LogP contribution in [0.4, 0.5) is 0 Å². The normalized spacial score (nSPS) is 13.0. The fourth-order valence-electron chi connectivity index (χ4n) is 2.56. The summed E-state index contributed by atoms with van der Waals surface area (Å²) in [5.41, 5.74) is 1.53. The van der Waals surface area contributed by atoms with E-state index in [4.69, 9.17) is 9.26 Å². The highest BCUT2D eigenvalue weighted by atomic mass is 16.5. The zero-order chi connectivity index (χ0) is 17.3. The van der Waals surface area contributed by atoms with Crippen LogP contribution >= 0.6 is 0 Å². The molecular formula is C19H19NO4. The van der Waals surface area contributed by atoms with Gasteiger partial charge in [-0.25, -0.2) is 4.79 Å². The summed E-state index contributed by atoms with van der Waals surface area (Å²) in [6.45, 7) is 5.46. The van der Waals surface area contributed by atoms with E-state index in [0.29, 0.717) is 17.0 Å². The number of carboxylic acid groups (broad SMARTS) is 1. The number of carboxylic acids is 1. The van der Waals surface area contributed by atoms with Crippen LogP contribution in [0, 0.1) is 5.41 Å². The van der Waals surface area contributed by atoms with Gasteiger partial charge in [-0.1, -0.05) is 62.3 Å². The van der Waals surface area contributed by atoms with Gasteiger partial charge in [0.05, 0.1) is 5.39 Å². The topological polar surface area (TPSA) is 72.6 Å². The van der Waals surface area contributed by atoms with Gasteiger partial charge in [0, 0.05) is 11.0 Å². The monoisotopic (exact) mass is 325 g/mol. The maximum absolute atomic E-state index is 11.5. The Balaban J connectivity index is 2.05. The molecule has 24 heavy (non-hydrogen) atoms. The highest BCUT2D eigenvalue weighted by Gasteiger charge is 2.34. The van der Waals surface area contributed by atoms with Gasteiger partial charge in [0.25, 0.3) is 0 Å². The first-order valence-corrected chi connectivity index (χ1v) is 7.71. The minimum absolute atomic E-state index is 0.379. The van der Waals surface area contributed by atoms with E-state index < -0.39 is 17.5 Å². The van der Waals surface area contributed by atoms with Gasteiger partial charge in [-0.2, -0.15) is 0 Å². The Labute approximate surface area is 139 Å². The molecule has 1 N–H and O–H groups in total. The maximum Gasteiger partial charge on any atom is 0.345 e. The summed E-state index contributed by atoms with van der Waals surface area (Å²) in [4.78, 5) is 11.5. The van der Waals surface area contributed by atoms with Crippen LogP contribution in [0.2, 0.25) is 0 Å². The molecule has 0 saturated heterocycles. The van der Waals surface area contributed by atoms with Crippen molar-refractivity contribution in [1.82, 2.24) is 5.16 Å². The Morgan fingerprint density at radius 1 is 1.12 bits per heavy atom. The molecule has 0 radical (unpaired) electrons. The maximum atomic E-state index is 11.5. The van der Waals surface area contributed by atoms with Crippen LogP contribution in [0.5, 0.6) is 5.75 Å². The number of hydrogen-bond donors (Lipinski definition) is 1. The molecular weight excluding hydrogens is 306 g/mol. The third-order valence-corrected chi connectivity index (χ3v) is 3.77. The molecule has 0 amide bonds. The molecule has 1 heterocycles. The number of rotatable bonds is 4. The standard InChI is InChI=1S/C19H19NO4/c1-19(2,3)17(18(21)22)23-14-11-7-10-13-15(20-24-16(13)14)12-8-5-4-6-9-12/h4-11,17H,1-3H3,(H,21,22). The van der Waals surface area contributed by atoms with Crippen molar-refractivity contribution in [3.05, 3.63) is 48.5 Å². The molecule has 0 aliphatic carbocycles. The predicted molar refractivity (Wildman–Crippen MR) is 91.0 cm³/mol. The van der Waals surface area contributed by atoms with Crippen LogP contribution in [-0.4, -0.2) is 22.3 Å². The van der Waals surface area contributed by atoms with Crippen LogP contribution in [0.1, 0.15) is 20.8 Å². The van der Waals surface area contributed by atoms with E-state index in [1.54, 1.807) is 6.07 Å². The van der Waals surface area contributed by atoms with E-state index in [9.17, 15) is 9.90 Å². The molecule has 2 aromatic carbocycles. The first-order chi connectivity index (χ1) is 11.4. The van der Waals surface area contributed by atoms with Crippen LogP contribution < -0.4 is 4.74 Å². The van der Waals surface area contributed by atoms with Gasteiger partial charge in [-0.15, -0.1) is 0 Å². The average Bonchev–Trinajstić information content (AvgIpc) is 2.96. The quantitative estimate of drug-likeness (QED) is 0.771. The van der Waals surface area contributed by atoms with E-state index in [2.05, 4.69) is 5.16 Å². The number of aromatic nitrogens is 1. The third-order valence-electron chi connectivity index (χ3n) is 3.77. The predicted octanol–water partition coefficient (Wildman–Crippen LogP) is 4.37. The average molecular weight is 325 g/mol. The Morgan fingerprint density at radius 3 is 2.46 bits per heavy atom. The van der Waals surface area contributed by atoms with Crippen molar-refractivity contribution >= 4 is 16.9 Å². The molecule has 5 heteroatoms. The second-order valence-electron chi connectivity index (χ2n) is 6.73. The number of ether oxygens (including phenoxy) is 1. The van der Waals surface area contributed by atoms with Crippen LogP contribution in [-0.2, 0) is 4.79 Å². The van der Waals surface area contributed by atoms with Crippen molar-refractivity contribution in [2.24, 2.45) is 5.41 Å². The minimum Gasteiger partial charge on any atom is -0.478 e. The second-order valence-corrected chi connectivity index (χ2v) is 6.73. The summed E-state index contributed by atoms with van der Waals surface area (Å²) >= 11 is 0. The lowest BCUT2D eigenvalue weighted by molar-refractivity contribution is -0.150. The van der Waals surface area contributed by atoms with Gasteiger partial charge in [-0.3, -0.25) is 0 Å². The lowest BCUT2D eigenvalue weighted by Gasteiger charge is -2.27. The van der Waals surface area contributed by atoms with E-state index >= 15 is 0 Å². The smallest absolute Gasteiger partial charge is 0.345 e. The van der Waals surface area contributed by atoms with Crippen LogP contribution in [0.15, 0.2) is 53.1 Å². The van der Waals surface area contributed by atoms with Crippen LogP contribution in [0.25, 0.3) is 22.2 Å². The van der Waals surface area contributed by atoms with E-state index in [1.165, 1.54) is 0 Å². The molecule has 3 aromatic rings. The first kappa shape index (κ1) is 16.1. The van der Waals surface area contributed by atoms with Crippen LogP contribution in [0.3, 0.4) is 0 Å². The zero-order valence-corrected chi connectivity index (χ0v) is 13.8. The number of fused-ring (bicyclic) bond motifs is 1. The molecule has 3 rings (SSSR count). The lowest BCUT2D eigenvalue weighted by Crippen LogP contribution is -2.39. The molecule has 0 bridgehead atoms. The summed E-state index contributed by atoms with van der Waals surface area (Å²) in [5, 5.41) is 14.4. The Hall–Kier alpha value is -2.82. The zero-order valence-electron chi connectivity index (χ0n) is 13.8. The lowest BCUT2D eigenvalue weighted by atomic mass is 9.89. The van der Waals surface area contributed by atoms with Gasteiger partial charge in [0.1, 0.15) is 5.69 Å². The molecule has 1 unspecified atom stereocenters. The molecule has 1 atom stereocenters. The summed E-state index contributed by atoms with van der Waals surface area (Å²) < 4.78 is 11.2. The van der Waals surface area contributed by atoms with Crippen molar-refractivity contribution in [3.8, 4) is 17.0 Å². The van der Waals surface area contributed by atoms with E-state index in [0.717, 1.165) is 10.9 Å². The van der Waals surface area contributed by atoms with Crippen molar-refractivity contribution in [2.75, 3.05) is 0 Å². The number of para-hydroxylation sites is 1. The molecule has 0 aliphatic rings. The third kappa shape index (κ3) is 2.97. The van der Waals surface area contributed by atoms with E-state index in [-0.39, 0.29) is 0 Å². The fourth-order valence-corrected chi connectivity index (χ4v) is 2.56. The molecule has 1 aromatic heterocycles. The molecule has 0 saturated carbocycles. The number of hydrogen-bond acceptors (Lipinski definition) is 4. The van der Waals surface area contributed by atoms with Gasteiger partial charge in [0.15, 0.2) is 5.75 Å². The summed E-state index contributed by atoms with van der Waals surface area (Å²) in [6.07, 6.45) is -0.992. The minimum atomic E-state index is -1.01. The first-order valence-electron chi connectivity index (χ1n) is 7.71. The SMILES string of the molecule is CC(C)(C)C(Oc1cccc2c(-c3ccccc3)noc12)C(=O)O. The molecule has 0 fully saturated rings. The summed E-state index contributed by atoms with van der Waals surface area (Å²) in [5.74, 6) is -0.633. The van der Waals surface area contributed by atoms with Crippen molar-refractivity contribution in [2.45, 2.75) is 26.9 Å². The van der Waals surface area contributed by atoms with Crippen molar-refractivity contribution < 1.29 is 19.2 Å². The number of nitrogens with zero attached hydrogens (tertiary/aromatic N) is 1. The van der Waals surface area contributed by atoms with Crippen molar-refractivity contribution in [3.63, 3.8) is 0 Å². The molecule has 0 spiro atoms. The van der Waals surface area contributed by atoms with Gasteiger partial charge < -0.3 is 14.4 Å². The number of benzene rings is 2. The highest BCUT2D eigenvalue weighted by molar-refractivity contribution is 5.94. The highest BCUT2D eigenvalue weighted by Crippen LogP contribution is 2.35. The number of aliphatic carboxylic acids is 1. The van der Waals surface area contributed by atoms with Crippen molar-refractivity contribution in [1.29, 1.82) is 0 Å². The molecule has 124 valence electrons. The molecule has 5 nitrogen and oxygen atoms in total. The van der Waals surface area contributed by atoms with E-state index in [1.807, 2.05) is 63.2 Å². The molecule has 0 aliphatic heterocycles. The van der Waals surface area contributed by atoms with Gasteiger partial charge >= 0.3 is 5.97 Å². The summed E-state index contributed by atoms with van der Waals surface area (Å²) in [6, 6.07) is 15.1. The number of carbonyl (C=O) groups is 1. The Bertz CT molecular complexity index is 862. The van der Waals surface area contributed by atoms with Gasteiger partial charge in [0.2, 0.25) is 11.7 Å². The Morgan fingerprint density at radius 2 is 1.83 bits per heavy atom. The second kappa shape index (κ2) is 6.00. The Kier molecular flexibility index (Phi) is 4.01. The largest absolute Gasteiger partial charge is 0.478 e. The summed E-state index contributed by atoms with van der Waals surface area (Å²) in [7, 11) is 0.